The molecule has 1 heterocycles. The number of ether oxygens (including phenoxy) is 1. The molecule has 0 aromatic heterocycles. The lowest BCUT2D eigenvalue weighted by Crippen LogP contribution is -2.50. The van der Waals surface area contributed by atoms with Crippen molar-refractivity contribution in [1.82, 2.24) is 4.90 Å². The van der Waals surface area contributed by atoms with Gasteiger partial charge in [0.1, 0.15) is 0 Å². The minimum Gasteiger partial charge on any atom is -0.394 e. The molecule has 1 aliphatic rings. The van der Waals surface area contributed by atoms with Crippen LogP contribution in [0.4, 0.5) is 0 Å². The summed E-state index contributed by atoms with van der Waals surface area (Å²) in [7, 11) is 0. The van der Waals surface area contributed by atoms with Crippen molar-refractivity contribution in [2.45, 2.75) is 25.6 Å². The van der Waals surface area contributed by atoms with Crippen LogP contribution in [0.25, 0.3) is 0 Å². The van der Waals surface area contributed by atoms with Gasteiger partial charge in [0.2, 0.25) is 0 Å². The fourth-order valence-electron chi connectivity index (χ4n) is 2.52. The van der Waals surface area contributed by atoms with E-state index in [1.807, 2.05) is 31.2 Å². The van der Waals surface area contributed by atoms with Gasteiger partial charge in [0.25, 0.3) is 5.91 Å². The highest BCUT2D eigenvalue weighted by atomic mass is 16.5. The Morgan fingerprint density at radius 1 is 1.50 bits per heavy atom. The highest BCUT2D eigenvalue weighted by Crippen LogP contribution is 2.15. The quantitative estimate of drug-likeness (QED) is 0.836. The molecule has 0 radical (unpaired) electrons. The van der Waals surface area contributed by atoms with Gasteiger partial charge < -0.3 is 20.5 Å². The Hall–Kier alpha value is -1.43. The minimum absolute atomic E-state index is 0.0162. The summed E-state index contributed by atoms with van der Waals surface area (Å²) >= 11 is 0. The van der Waals surface area contributed by atoms with Gasteiger partial charge in [-0.15, -0.1) is 0 Å². The van der Waals surface area contributed by atoms with E-state index in [-0.39, 0.29) is 24.7 Å². The van der Waals surface area contributed by atoms with Gasteiger partial charge in [-0.05, 0) is 37.6 Å². The summed E-state index contributed by atoms with van der Waals surface area (Å²) in [5.74, 6) is -0.0162. The lowest BCUT2D eigenvalue weighted by molar-refractivity contribution is -0.0858. The van der Waals surface area contributed by atoms with Gasteiger partial charge in [0, 0.05) is 18.7 Å². The maximum atomic E-state index is 12.5. The van der Waals surface area contributed by atoms with E-state index in [1.165, 1.54) is 0 Å². The zero-order valence-corrected chi connectivity index (χ0v) is 11.8. The van der Waals surface area contributed by atoms with Gasteiger partial charge in [-0.25, -0.2) is 0 Å². The summed E-state index contributed by atoms with van der Waals surface area (Å²) < 4.78 is 5.55. The van der Waals surface area contributed by atoms with Crippen LogP contribution in [-0.2, 0) is 11.2 Å². The second kappa shape index (κ2) is 6.83. The molecule has 0 bridgehead atoms. The van der Waals surface area contributed by atoms with Gasteiger partial charge in [-0.1, -0.05) is 12.1 Å². The average Bonchev–Trinajstić information content (AvgIpc) is 2.46. The number of benzene rings is 1. The molecule has 0 aliphatic carbocycles. The number of hydrogen-bond donors (Lipinski definition) is 2. The molecule has 1 aromatic carbocycles. The van der Waals surface area contributed by atoms with Gasteiger partial charge in [0.05, 0.1) is 18.8 Å². The van der Waals surface area contributed by atoms with Crippen molar-refractivity contribution in [3.63, 3.8) is 0 Å². The summed E-state index contributed by atoms with van der Waals surface area (Å²) in [6.07, 6.45) is 0.409. The number of nitrogens with two attached hydrogens (primary N) is 1. The smallest absolute Gasteiger partial charge is 0.254 e. The van der Waals surface area contributed by atoms with Crippen molar-refractivity contribution >= 4 is 5.91 Å². The van der Waals surface area contributed by atoms with E-state index in [0.717, 1.165) is 12.0 Å². The van der Waals surface area contributed by atoms with Crippen LogP contribution in [0.1, 0.15) is 22.8 Å². The number of aliphatic hydroxyl groups excluding tert-OH is 1. The van der Waals surface area contributed by atoms with E-state index in [9.17, 15) is 9.90 Å². The Morgan fingerprint density at radius 3 is 3.00 bits per heavy atom. The van der Waals surface area contributed by atoms with Crippen molar-refractivity contribution in [3.8, 4) is 0 Å². The molecule has 1 amide bonds. The highest BCUT2D eigenvalue weighted by molar-refractivity contribution is 5.94. The van der Waals surface area contributed by atoms with E-state index in [1.54, 1.807) is 4.90 Å². The van der Waals surface area contributed by atoms with Crippen LogP contribution in [0.2, 0.25) is 0 Å². The molecule has 110 valence electrons. The molecule has 3 N–H and O–H groups in total. The van der Waals surface area contributed by atoms with Gasteiger partial charge >= 0.3 is 0 Å². The van der Waals surface area contributed by atoms with E-state index in [0.29, 0.717) is 25.2 Å². The Morgan fingerprint density at radius 2 is 2.30 bits per heavy atom. The number of hydrogen-bond acceptors (Lipinski definition) is 4. The third kappa shape index (κ3) is 3.56. The first-order valence-corrected chi connectivity index (χ1v) is 6.98. The Kier molecular flexibility index (Phi) is 5.11. The van der Waals surface area contributed by atoms with Crippen molar-refractivity contribution < 1.29 is 14.6 Å². The lowest BCUT2D eigenvalue weighted by atomic mass is 10.1. The normalized spacial score (nSPS) is 22.9. The third-order valence-corrected chi connectivity index (χ3v) is 3.42. The number of amides is 1. The average molecular weight is 278 g/mol. The standard InChI is InChI=1S/C15H22N2O3/c1-11-8-17(9-14(10-18)20-11)15(19)13-4-2-3-12(7-13)5-6-16/h2-4,7,11,14,18H,5-6,8-10,16H2,1H3. The van der Waals surface area contributed by atoms with Crippen LogP contribution in [0.15, 0.2) is 24.3 Å². The third-order valence-electron chi connectivity index (χ3n) is 3.42. The molecule has 1 aliphatic heterocycles. The summed E-state index contributed by atoms with van der Waals surface area (Å²) in [4.78, 5) is 14.3. The maximum absolute atomic E-state index is 12.5. The molecule has 2 rings (SSSR count). The van der Waals surface area contributed by atoms with Crippen molar-refractivity contribution in [1.29, 1.82) is 0 Å². The number of aliphatic hydroxyl groups is 1. The molecule has 1 saturated heterocycles. The Balaban J connectivity index is 2.11. The maximum Gasteiger partial charge on any atom is 0.254 e. The molecule has 5 nitrogen and oxygen atoms in total. The van der Waals surface area contributed by atoms with E-state index >= 15 is 0 Å². The van der Waals surface area contributed by atoms with E-state index < -0.39 is 0 Å². The number of nitrogens with zero attached hydrogens (tertiary/aromatic N) is 1. The van der Waals surface area contributed by atoms with Crippen LogP contribution in [-0.4, -0.2) is 54.4 Å². The van der Waals surface area contributed by atoms with Gasteiger partial charge in [0.15, 0.2) is 0 Å². The first-order valence-electron chi connectivity index (χ1n) is 6.98. The summed E-state index contributed by atoms with van der Waals surface area (Å²) in [5.41, 5.74) is 7.28. The molecule has 1 aromatic rings. The molecule has 1 fully saturated rings. The molecular formula is C15H22N2O3. The van der Waals surface area contributed by atoms with Gasteiger partial charge in [-0.3, -0.25) is 4.79 Å². The predicted molar refractivity (Wildman–Crippen MR) is 76.5 cm³/mol. The van der Waals surface area contributed by atoms with Crippen molar-refractivity contribution in [2.24, 2.45) is 5.73 Å². The largest absolute Gasteiger partial charge is 0.394 e. The minimum atomic E-state index is -0.296. The monoisotopic (exact) mass is 278 g/mol. The van der Waals surface area contributed by atoms with E-state index in [4.69, 9.17) is 10.5 Å². The van der Waals surface area contributed by atoms with Crippen molar-refractivity contribution in [3.05, 3.63) is 35.4 Å². The summed E-state index contributed by atoms with van der Waals surface area (Å²) in [6, 6.07) is 7.56. The van der Waals surface area contributed by atoms with Gasteiger partial charge in [-0.2, -0.15) is 0 Å². The Bertz CT molecular complexity index is 464. The number of morpholine rings is 1. The van der Waals surface area contributed by atoms with Crippen LogP contribution in [0.5, 0.6) is 0 Å². The first kappa shape index (κ1) is 15.0. The molecule has 20 heavy (non-hydrogen) atoms. The zero-order chi connectivity index (χ0) is 14.5. The molecule has 0 saturated carbocycles. The molecule has 5 heteroatoms. The second-order valence-corrected chi connectivity index (χ2v) is 5.20. The van der Waals surface area contributed by atoms with Crippen molar-refractivity contribution in [2.75, 3.05) is 26.2 Å². The van der Waals surface area contributed by atoms with E-state index in [2.05, 4.69) is 0 Å². The number of carbonyl (C=O) groups excluding carboxylic acids is 1. The first-order chi connectivity index (χ1) is 9.63. The lowest BCUT2D eigenvalue weighted by Gasteiger charge is -2.36. The SMILES string of the molecule is CC1CN(C(=O)c2cccc(CCN)c2)CC(CO)O1. The highest BCUT2D eigenvalue weighted by Gasteiger charge is 2.28. The topological polar surface area (TPSA) is 75.8 Å². The van der Waals surface area contributed by atoms with Crippen LogP contribution < -0.4 is 5.73 Å². The van der Waals surface area contributed by atoms with Crippen LogP contribution >= 0.6 is 0 Å². The second-order valence-electron chi connectivity index (χ2n) is 5.20. The van der Waals surface area contributed by atoms with Crippen LogP contribution in [0.3, 0.4) is 0 Å². The fraction of sp³-hybridized carbons (Fsp3) is 0.533. The number of carbonyl (C=O) groups is 1. The molecule has 2 unspecified atom stereocenters. The number of rotatable bonds is 4. The molecule has 2 atom stereocenters. The predicted octanol–water partition coefficient (Wildman–Crippen LogP) is 0.410. The summed E-state index contributed by atoms with van der Waals surface area (Å²) in [5, 5.41) is 9.22. The molecular weight excluding hydrogens is 256 g/mol. The van der Waals surface area contributed by atoms with Crippen LogP contribution in [0, 0.1) is 0 Å². The summed E-state index contributed by atoms with van der Waals surface area (Å²) in [6.45, 7) is 3.39. The zero-order valence-electron chi connectivity index (χ0n) is 11.8. The fourth-order valence-corrected chi connectivity index (χ4v) is 2.52. The Labute approximate surface area is 119 Å². The molecule has 0 spiro atoms.